The predicted octanol–water partition coefficient (Wildman–Crippen LogP) is 4.97. The van der Waals surface area contributed by atoms with Crippen molar-refractivity contribution >= 4 is 46.7 Å². The smallest absolute Gasteiger partial charge is 0.241 e. The van der Waals surface area contributed by atoms with Crippen LogP contribution in [0.15, 0.2) is 18.2 Å². The minimum Gasteiger partial charge on any atom is -0.309 e. The SMILES string of the molecule is CCc1cccc(CC)c1N(CC1SCCC(C)S1)C(=O)CCl. The summed E-state index contributed by atoms with van der Waals surface area (Å²) in [7, 11) is 0. The third-order valence-electron chi connectivity index (χ3n) is 4.19. The molecule has 1 amide bonds. The minimum absolute atomic E-state index is 0.0155. The second kappa shape index (κ2) is 9.24. The van der Waals surface area contributed by atoms with Crippen molar-refractivity contribution in [3.8, 4) is 0 Å². The molecule has 0 aromatic heterocycles. The summed E-state index contributed by atoms with van der Waals surface area (Å²) in [6, 6.07) is 6.36. The second-order valence-electron chi connectivity index (χ2n) is 5.81. The van der Waals surface area contributed by atoms with Gasteiger partial charge in [-0.1, -0.05) is 39.0 Å². The highest BCUT2D eigenvalue weighted by atomic mass is 35.5. The van der Waals surface area contributed by atoms with E-state index in [2.05, 4.69) is 39.0 Å². The Hall–Kier alpha value is -0.320. The van der Waals surface area contributed by atoms with Gasteiger partial charge in [0.1, 0.15) is 5.88 Å². The van der Waals surface area contributed by atoms with Crippen LogP contribution in [0.25, 0.3) is 0 Å². The summed E-state index contributed by atoms with van der Waals surface area (Å²) in [5.74, 6) is 1.23. The summed E-state index contributed by atoms with van der Waals surface area (Å²) in [6.45, 7) is 7.32. The van der Waals surface area contributed by atoms with Crippen LogP contribution in [0.4, 0.5) is 5.69 Å². The number of aryl methyl sites for hydroxylation is 2. The van der Waals surface area contributed by atoms with E-state index in [4.69, 9.17) is 11.6 Å². The molecule has 0 saturated carbocycles. The first-order chi connectivity index (χ1) is 11.1. The third-order valence-corrected chi connectivity index (χ3v) is 7.31. The van der Waals surface area contributed by atoms with E-state index in [-0.39, 0.29) is 11.8 Å². The number of alkyl halides is 1. The van der Waals surface area contributed by atoms with Gasteiger partial charge in [-0.05, 0) is 36.1 Å². The molecule has 2 rings (SSSR count). The highest BCUT2D eigenvalue weighted by Gasteiger charge is 2.27. The van der Waals surface area contributed by atoms with Crippen molar-refractivity contribution in [2.24, 2.45) is 0 Å². The first-order valence-corrected chi connectivity index (χ1v) is 10.9. The van der Waals surface area contributed by atoms with Gasteiger partial charge < -0.3 is 4.90 Å². The number of nitrogens with zero attached hydrogens (tertiary/aromatic N) is 1. The summed E-state index contributed by atoms with van der Waals surface area (Å²) in [5, 5.41) is 0.668. The van der Waals surface area contributed by atoms with E-state index < -0.39 is 0 Å². The van der Waals surface area contributed by atoms with Gasteiger partial charge in [-0.15, -0.1) is 35.1 Å². The molecular formula is C18H26ClNOS2. The Balaban J connectivity index is 2.33. The number of amides is 1. The van der Waals surface area contributed by atoms with Crippen LogP contribution >= 0.6 is 35.1 Å². The highest BCUT2D eigenvalue weighted by Crippen LogP contribution is 2.38. The number of hydrogen-bond acceptors (Lipinski definition) is 3. The van der Waals surface area contributed by atoms with Gasteiger partial charge in [0.25, 0.3) is 0 Å². The molecule has 0 spiro atoms. The monoisotopic (exact) mass is 371 g/mol. The summed E-state index contributed by atoms with van der Waals surface area (Å²) in [5.41, 5.74) is 3.57. The average Bonchev–Trinajstić information content (AvgIpc) is 2.58. The molecule has 1 fully saturated rings. The maximum absolute atomic E-state index is 12.6. The zero-order valence-electron chi connectivity index (χ0n) is 14.2. The number of benzene rings is 1. The Morgan fingerprint density at radius 2 is 1.96 bits per heavy atom. The lowest BCUT2D eigenvalue weighted by Crippen LogP contribution is -2.39. The van der Waals surface area contributed by atoms with E-state index in [1.165, 1.54) is 23.3 Å². The Morgan fingerprint density at radius 3 is 2.48 bits per heavy atom. The fraction of sp³-hybridized carbons (Fsp3) is 0.611. The molecule has 0 bridgehead atoms. The van der Waals surface area contributed by atoms with Crippen molar-refractivity contribution in [1.29, 1.82) is 0 Å². The first-order valence-electron chi connectivity index (χ1n) is 8.34. The van der Waals surface area contributed by atoms with Crippen molar-refractivity contribution < 1.29 is 4.79 Å². The van der Waals surface area contributed by atoms with Crippen LogP contribution in [0, 0.1) is 0 Å². The molecule has 23 heavy (non-hydrogen) atoms. The van der Waals surface area contributed by atoms with Gasteiger partial charge in [-0.25, -0.2) is 0 Å². The molecule has 1 heterocycles. The number of carbonyl (C=O) groups excluding carboxylic acids is 1. The average molecular weight is 372 g/mol. The second-order valence-corrected chi connectivity index (χ2v) is 9.33. The number of para-hydroxylation sites is 1. The largest absolute Gasteiger partial charge is 0.309 e. The summed E-state index contributed by atoms with van der Waals surface area (Å²) < 4.78 is 0.431. The fourth-order valence-electron chi connectivity index (χ4n) is 2.93. The molecule has 1 aliphatic heterocycles. The van der Waals surface area contributed by atoms with Crippen LogP contribution in [-0.2, 0) is 17.6 Å². The standard InChI is InChI=1S/C18H26ClNOS2/c1-4-14-7-6-8-15(5-2)18(14)20(16(21)11-19)12-17-22-10-9-13(3)23-17/h6-8,13,17H,4-5,9-12H2,1-3H3. The quantitative estimate of drug-likeness (QED) is 0.658. The zero-order valence-corrected chi connectivity index (χ0v) is 16.6. The molecular weight excluding hydrogens is 346 g/mol. The van der Waals surface area contributed by atoms with Crippen LogP contribution in [0.5, 0.6) is 0 Å². The lowest BCUT2D eigenvalue weighted by atomic mass is 10.0. The van der Waals surface area contributed by atoms with Gasteiger partial charge in [0.15, 0.2) is 0 Å². The summed E-state index contributed by atoms with van der Waals surface area (Å²) in [4.78, 5) is 14.5. The number of hydrogen-bond donors (Lipinski definition) is 0. The summed E-state index contributed by atoms with van der Waals surface area (Å²) in [6.07, 6.45) is 3.11. The van der Waals surface area contributed by atoms with Gasteiger partial charge in [0.05, 0.1) is 10.3 Å². The Kier molecular flexibility index (Phi) is 7.64. The van der Waals surface area contributed by atoms with Crippen molar-refractivity contribution in [3.63, 3.8) is 0 Å². The fourth-order valence-corrected chi connectivity index (χ4v) is 6.41. The van der Waals surface area contributed by atoms with Crippen LogP contribution in [0.1, 0.15) is 38.3 Å². The molecule has 2 atom stereocenters. The third kappa shape index (κ3) is 4.83. The highest BCUT2D eigenvalue weighted by molar-refractivity contribution is 8.17. The number of halogens is 1. The van der Waals surface area contributed by atoms with E-state index in [1.54, 1.807) is 0 Å². The Morgan fingerprint density at radius 1 is 1.30 bits per heavy atom. The van der Waals surface area contributed by atoms with Crippen LogP contribution in [0.2, 0.25) is 0 Å². The summed E-state index contributed by atoms with van der Waals surface area (Å²) >= 11 is 9.89. The van der Waals surface area contributed by atoms with Gasteiger partial charge in [0, 0.05) is 11.8 Å². The molecule has 5 heteroatoms. The van der Waals surface area contributed by atoms with Crippen molar-refractivity contribution in [1.82, 2.24) is 0 Å². The predicted molar refractivity (Wildman–Crippen MR) is 106 cm³/mol. The Bertz CT molecular complexity index is 516. The van der Waals surface area contributed by atoms with Crippen LogP contribution < -0.4 is 4.90 Å². The number of rotatable bonds is 6. The molecule has 1 saturated heterocycles. The molecule has 0 radical (unpaired) electrons. The zero-order chi connectivity index (χ0) is 16.8. The van der Waals surface area contributed by atoms with Crippen molar-refractivity contribution in [3.05, 3.63) is 29.3 Å². The molecule has 1 aliphatic rings. The molecule has 0 aliphatic carbocycles. The normalized spacial score (nSPS) is 21.2. The number of anilines is 1. The van der Waals surface area contributed by atoms with Crippen molar-refractivity contribution in [2.75, 3.05) is 23.1 Å². The van der Waals surface area contributed by atoms with Crippen LogP contribution in [0.3, 0.4) is 0 Å². The molecule has 0 N–H and O–H groups in total. The number of carbonyl (C=O) groups is 1. The van der Waals surface area contributed by atoms with E-state index in [0.717, 1.165) is 25.1 Å². The van der Waals surface area contributed by atoms with Crippen molar-refractivity contribution in [2.45, 2.75) is 49.9 Å². The van der Waals surface area contributed by atoms with Gasteiger partial charge in [-0.2, -0.15) is 0 Å². The molecule has 2 nitrogen and oxygen atoms in total. The maximum atomic E-state index is 12.6. The lowest BCUT2D eigenvalue weighted by molar-refractivity contribution is -0.116. The van der Waals surface area contributed by atoms with E-state index in [0.29, 0.717) is 9.83 Å². The Labute approximate surface area is 153 Å². The van der Waals surface area contributed by atoms with Gasteiger partial charge >= 0.3 is 0 Å². The lowest BCUT2D eigenvalue weighted by Gasteiger charge is -2.33. The van der Waals surface area contributed by atoms with Crippen LogP contribution in [-0.4, -0.2) is 33.9 Å². The first kappa shape index (κ1) is 19.0. The maximum Gasteiger partial charge on any atom is 0.241 e. The molecule has 128 valence electrons. The molecule has 2 unspecified atom stereocenters. The van der Waals surface area contributed by atoms with E-state index in [1.807, 2.05) is 28.4 Å². The molecule has 1 aromatic carbocycles. The van der Waals surface area contributed by atoms with Gasteiger partial charge in [-0.3, -0.25) is 4.79 Å². The minimum atomic E-state index is 0.0155. The molecule has 1 aromatic rings. The van der Waals surface area contributed by atoms with Gasteiger partial charge in [0.2, 0.25) is 5.91 Å². The van der Waals surface area contributed by atoms with E-state index >= 15 is 0 Å². The topological polar surface area (TPSA) is 20.3 Å². The van der Waals surface area contributed by atoms with E-state index in [9.17, 15) is 4.79 Å². The number of thioether (sulfide) groups is 2.